The molecule has 4 heteroatoms. The number of fused-ring (bicyclic) bond motifs is 1. The normalized spacial score (nSPS) is 23.7. The molecule has 0 spiro atoms. The number of nitrogens with zero attached hydrogens (tertiary/aromatic N) is 1. The second-order valence-electron chi connectivity index (χ2n) is 6.57. The van der Waals surface area contributed by atoms with Gasteiger partial charge in [0.2, 0.25) is 0 Å². The fourth-order valence-corrected chi connectivity index (χ4v) is 4.02. The van der Waals surface area contributed by atoms with Crippen molar-refractivity contribution in [3.05, 3.63) is 36.1 Å². The van der Waals surface area contributed by atoms with Crippen LogP contribution in [0, 0.1) is 5.92 Å². The summed E-state index contributed by atoms with van der Waals surface area (Å²) in [6.45, 7) is 4.71. The zero-order valence-electron chi connectivity index (χ0n) is 13.0. The first-order valence-electron chi connectivity index (χ1n) is 8.31. The monoisotopic (exact) mass is 320 g/mol. The predicted molar refractivity (Wildman–Crippen MR) is 92.5 cm³/mol. The summed E-state index contributed by atoms with van der Waals surface area (Å²) in [6.07, 6.45) is 7.37. The first kappa shape index (κ1) is 15.9. The molecule has 2 aliphatic rings. The standard InChI is InChI=1S/C18H24N2O.ClH/c1-2-6-18-16(4-1)15(13-21-18)12-20-10-7-14(8-11-20)17-5-3-9-19-17;/h1-2,4,6,13-14,17,19H,3,5,7-12H2;1H. The molecule has 3 nitrogen and oxygen atoms in total. The summed E-state index contributed by atoms with van der Waals surface area (Å²) in [5, 5.41) is 4.95. The third kappa shape index (κ3) is 3.17. The summed E-state index contributed by atoms with van der Waals surface area (Å²) < 4.78 is 5.66. The maximum Gasteiger partial charge on any atom is 0.134 e. The molecule has 3 heterocycles. The van der Waals surface area contributed by atoms with Gasteiger partial charge >= 0.3 is 0 Å². The zero-order chi connectivity index (χ0) is 14.1. The largest absolute Gasteiger partial charge is 0.464 e. The van der Waals surface area contributed by atoms with Gasteiger partial charge in [-0.1, -0.05) is 18.2 Å². The van der Waals surface area contributed by atoms with E-state index < -0.39 is 0 Å². The molecule has 2 fully saturated rings. The molecule has 1 unspecified atom stereocenters. The Labute approximate surface area is 138 Å². The van der Waals surface area contributed by atoms with Gasteiger partial charge in [0.15, 0.2) is 0 Å². The first-order valence-corrected chi connectivity index (χ1v) is 8.31. The molecule has 22 heavy (non-hydrogen) atoms. The van der Waals surface area contributed by atoms with Crippen LogP contribution in [0.3, 0.4) is 0 Å². The van der Waals surface area contributed by atoms with Crippen LogP contribution in [0.1, 0.15) is 31.2 Å². The van der Waals surface area contributed by atoms with E-state index in [0.29, 0.717) is 0 Å². The average molecular weight is 321 g/mol. The minimum Gasteiger partial charge on any atom is -0.464 e. The number of furan rings is 1. The maximum absolute atomic E-state index is 5.66. The van der Waals surface area contributed by atoms with Gasteiger partial charge in [-0.3, -0.25) is 4.90 Å². The highest BCUT2D eigenvalue weighted by Crippen LogP contribution is 2.28. The molecular weight excluding hydrogens is 296 g/mol. The van der Waals surface area contributed by atoms with Gasteiger partial charge in [0.25, 0.3) is 0 Å². The Morgan fingerprint density at radius 1 is 1.14 bits per heavy atom. The van der Waals surface area contributed by atoms with Gasteiger partial charge in [-0.05, 0) is 57.3 Å². The topological polar surface area (TPSA) is 28.4 Å². The highest BCUT2D eigenvalue weighted by molar-refractivity contribution is 5.85. The molecule has 0 bridgehead atoms. The van der Waals surface area contributed by atoms with Crippen molar-refractivity contribution in [2.45, 2.75) is 38.3 Å². The van der Waals surface area contributed by atoms with Crippen LogP contribution in [0.25, 0.3) is 11.0 Å². The summed E-state index contributed by atoms with van der Waals surface area (Å²) in [6, 6.07) is 9.15. The van der Waals surface area contributed by atoms with Crippen molar-refractivity contribution in [1.82, 2.24) is 10.2 Å². The number of benzene rings is 1. The van der Waals surface area contributed by atoms with Crippen molar-refractivity contribution in [1.29, 1.82) is 0 Å². The number of halogens is 1. The van der Waals surface area contributed by atoms with Crippen LogP contribution in [-0.4, -0.2) is 30.6 Å². The van der Waals surface area contributed by atoms with Crippen molar-refractivity contribution in [2.75, 3.05) is 19.6 Å². The molecule has 1 aromatic heterocycles. The Morgan fingerprint density at radius 3 is 2.73 bits per heavy atom. The van der Waals surface area contributed by atoms with Crippen LogP contribution in [0.4, 0.5) is 0 Å². The quantitative estimate of drug-likeness (QED) is 0.932. The van der Waals surface area contributed by atoms with E-state index in [2.05, 4.69) is 28.4 Å². The highest BCUT2D eigenvalue weighted by Gasteiger charge is 2.28. The lowest BCUT2D eigenvalue weighted by atomic mass is 9.88. The summed E-state index contributed by atoms with van der Waals surface area (Å²) in [5.41, 5.74) is 2.35. The summed E-state index contributed by atoms with van der Waals surface area (Å²) in [7, 11) is 0. The third-order valence-electron chi connectivity index (χ3n) is 5.25. The molecule has 2 aliphatic heterocycles. The second-order valence-corrected chi connectivity index (χ2v) is 6.57. The minimum atomic E-state index is 0. The van der Waals surface area contributed by atoms with E-state index in [1.54, 1.807) is 0 Å². The van der Waals surface area contributed by atoms with Crippen molar-refractivity contribution in [2.24, 2.45) is 5.92 Å². The summed E-state index contributed by atoms with van der Waals surface area (Å²) >= 11 is 0. The fraction of sp³-hybridized carbons (Fsp3) is 0.556. The lowest BCUT2D eigenvalue weighted by molar-refractivity contribution is 0.157. The minimum absolute atomic E-state index is 0. The van der Waals surface area contributed by atoms with Crippen molar-refractivity contribution >= 4 is 23.4 Å². The average Bonchev–Trinajstić information content (AvgIpc) is 3.19. The Kier molecular flexibility index (Phi) is 5.07. The van der Waals surface area contributed by atoms with Crippen molar-refractivity contribution < 1.29 is 4.42 Å². The smallest absolute Gasteiger partial charge is 0.134 e. The van der Waals surface area contributed by atoms with Crippen LogP contribution in [0.15, 0.2) is 34.9 Å². The van der Waals surface area contributed by atoms with E-state index in [-0.39, 0.29) is 12.4 Å². The second kappa shape index (κ2) is 7.03. The van der Waals surface area contributed by atoms with Crippen LogP contribution in [-0.2, 0) is 6.54 Å². The molecule has 0 amide bonds. The number of rotatable bonds is 3. The molecule has 4 rings (SSSR count). The lowest BCUT2D eigenvalue weighted by Gasteiger charge is -2.34. The van der Waals surface area contributed by atoms with Gasteiger partial charge in [-0.15, -0.1) is 12.4 Å². The summed E-state index contributed by atoms with van der Waals surface area (Å²) in [5.74, 6) is 0.893. The molecule has 1 atom stereocenters. The van der Waals surface area contributed by atoms with Crippen LogP contribution < -0.4 is 5.32 Å². The van der Waals surface area contributed by atoms with E-state index in [1.807, 2.05) is 12.3 Å². The zero-order valence-corrected chi connectivity index (χ0v) is 13.8. The van der Waals surface area contributed by atoms with Gasteiger partial charge < -0.3 is 9.73 Å². The van der Waals surface area contributed by atoms with Crippen LogP contribution in [0.2, 0.25) is 0 Å². The van der Waals surface area contributed by atoms with E-state index in [4.69, 9.17) is 4.42 Å². The number of para-hydroxylation sites is 1. The lowest BCUT2D eigenvalue weighted by Crippen LogP contribution is -2.40. The van der Waals surface area contributed by atoms with Gasteiger partial charge in [0.1, 0.15) is 5.58 Å². The number of piperidine rings is 1. The van der Waals surface area contributed by atoms with E-state index in [0.717, 1.165) is 24.1 Å². The fourth-order valence-electron chi connectivity index (χ4n) is 4.02. The molecule has 2 aromatic rings. The van der Waals surface area contributed by atoms with Crippen molar-refractivity contribution in [3.63, 3.8) is 0 Å². The van der Waals surface area contributed by atoms with E-state index >= 15 is 0 Å². The summed E-state index contributed by atoms with van der Waals surface area (Å²) in [4.78, 5) is 2.59. The first-order chi connectivity index (χ1) is 10.4. The molecular formula is C18H25ClN2O. The Bertz CT molecular complexity index is 598. The Hall–Kier alpha value is -1.03. The maximum atomic E-state index is 5.66. The molecule has 0 radical (unpaired) electrons. The number of hydrogen-bond donors (Lipinski definition) is 1. The van der Waals surface area contributed by atoms with Gasteiger partial charge in [-0.2, -0.15) is 0 Å². The third-order valence-corrected chi connectivity index (χ3v) is 5.25. The molecule has 120 valence electrons. The van der Waals surface area contributed by atoms with E-state index in [1.165, 1.54) is 56.3 Å². The Morgan fingerprint density at radius 2 is 1.95 bits per heavy atom. The number of hydrogen-bond acceptors (Lipinski definition) is 3. The van der Waals surface area contributed by atoms with Gasteiger partial charge in [0, 0.05) is 23.5 Å². The number of likely N-dealkylation sites (tertiary alicyclic amines) is 1. The molecule has 0 saturated carbocycles. The molecule has 2 saturated heterocycles. The highest BCUT2D eigenvalue weighted by atomic mass is 35.5. The van der Waals surface area contributed by atoms with E-state index in [9.17, 15) is 0 Å². The molecule has 1 aromatic carbocycles. The Balaban J connectivity index is 0.00000144. The van der Waals surface area contributed by atoms with Gasteiger partial charge in [-0.25, -0.2) is 0 Å². The number of nitrogens with one attached hydrogen (secondary N) is 1. The predicted octanol–water partition coefficient (Wildman–Crippen LogP) is 3.82. The van der Waals surface area contributed by atoms with Crippen LogP contribution >= 0.6 is 12.4 Å². The van der Waals surface area contributed by atoms with Gasteiger partial charge in [0.05, 0.1) is 6.26 Å². The van der Waals surface area contributed by atoms with Crippen LogP contribution in [0.5, 0.6) is 0 Å². The molecule has 0 aliphatic carbocycles. The van der Waals surface area contributed by atoms with Crippen molar-refractivity contribution in [3.8, 4) is 0 Å². The molecule has 1 N–H and O–H groups in total. The SMILES string of the molecule is Cl.c1ccc2c(CN3CCC(C4CCCN4)CC3)coc2c1.